The molecule has 0 aromatic carbocycles. The van der Waals surface area contributed by atoms with E-state index in [0.29, 0.717) is 5.92 Å². The van der Waals surface area contributed by atoms with Crippen molar-refractivity contribution in [2.45, 2.75) is 20.8 Å². The molecule has 0 aliphatic heterocycles. The molecule has 1 rings (SSSR count). The highest BCUT2D eigenvalue weighted by atomic mass is 14.3. The molecule has 0 nitrogen and oxygen atoms in total. The minimum atomic E-state index is 0.667. The minimum Gasteiger partial charge on any atom is -0.0956 e. The first-order valence-electron chi connectivity index (χ1n) is 4.00. The van der Waals surface area contributed by atoms with Crippen LogP contribution in [0.4, 0.5) is 0 Å². The third kappa shape index (κ3) is 1.16. The molecule has 0 spiro atoms. The molecule has 0 amide bonds. The predicted molar refractivity (Wildman–Crippen MR) is 45.8 cm³/mol. The smallest absolute Gasteiger partial charge is 0.0165 e. The lowest BCUT2D eigenvalue weighted by Crippen LogP contribution is -2.19. The van der Waals surface area contributed by atoms with Gasteiger partial charge in [-0.15, -0.1) is 0 Å². The number of hydrogen-bond acceptors (Lipinski definition) is 0. The number of rotatable bonds is 0. The second-order valence-electron chi connectivity index (χ2n) is 3.44. The van der Waals surface area contributed by atoms with Crippen LogP contribution >= 0.6 is 0 Å². The van der Waals surface area contributed by atoms with E-state index in [-0.39, 0.29) is 0 Å². The molecule has 0 bridgehead atoms. The Balaban J connectivity index is 2.79. The van der Waals surface area contributed by atoms with Gasteiger partial charge in [0.25, 0.3) is 0 Å². The van der Waals surface area contributed by atoms with Gasteiger partial charge in [0.1, 0.15) is 0 Å². The van der Waals surface area contributed by atoms with Crippen LogP contribution in [-0.2, 0) is 0 Å². The fourth-order valence-corrected chi connectivity index (χ4v) is 1.40. The highest BCUT2D eigenvalue weighted by Gasteiger charge is 2.21. The summed E-state index contributed by atoms with van der Waals surface area (Å²) < 4.78 is 0. The molecule has 56 valence electrons. The van der Waals surface area contributed by atoms with Crippen molar-refractivity contribution in [3.8, 4) is 0 Å². The summed E-state index contributed by atoms with van der Waals surface area (Å²) in [4.78, 5) is 0. The van der Waals surface area contributed by atoms with Crippen LogP contribution < -0.4 is 0 Å². The van der Waals surface area contributed by atoms with E-state index >= 15 is 0 Å². The van der Waals surface area contributed by atoms with Gasteiger partial charge in [0.05, 0.1) is 0 Å². The van der Waals surface area contributed by atoms with E-state index in [1.165, 1.54) is 5.57 Å². The van der Waals surface area contributed by atoms with Gasteiger partial charge in [-0.2, -0.15) is 0 Å². The monoisotopic (exact) mass is 136 g/mol. The molecule has 1 aliphatic carbocycles. The first kappa shape index (κ1) is 7.59. The molecule has 3 unspecified atom stereocenters. The molecule has 10 heavy (non-hydrogen) atoms. The third-order valence-corrected chi connectivity index (χ3v) is 2.82. The van der Waals surface area contributed by atoms with Crippen LogP contribution in [0.5, 0.6) is 0 Å². The maximum Gasteiger partial charge on any atom is -0.0165 e. The van der Waals surface area contributed by atoms with Crippen molar-refractivity contribution < 1.29 is 0 Å². The van der Waals surface area contributed by atoms with Crippen molar-refractivity contribution in [1.82, 2.24) is 0 Å². The van der Waals surface area contributed by atoms with Crippen molar-refractivity contribution in [2.75, 3.05) is 0 Å². The Morgan fingerprint density at radius 1 is 1.30 bits per heavy atom. The maximum absolute atomic E-state index is 3.99. The summed E-state index contributed by atoms with van der Waals surface area (Å²) in [6, 6.07) is 0. The molecule has 0 aromatic heterocycles. The third-order valence-electron chi connectivity index (χ3n) is 2.82. The minimum absolute atomic E-state index is 0.667. The van der Waals surface area contributed by atoms with E-state index in [2.05, 4.69) is 39.5 Å². The summed E-state index contributed by atoms with van der Waals surface area (Å²) in [6.45, 7) is 10.8. The predicted octanol–water partition coefficient (Wildman–Crippen LogP) is 3.02. The van der Waals surface area contributed by atoms with Gasteiger partial charge in [0, 0.05) is 0 Å². The normalized spacial score (nSPS) is 40.3. The topological polar surface area (TPSA) is 0 Å². The largest absolute Gasteiger partial charge is 0.0956 e. The summed E-state index contributed by atoms with van der Waals surface area (Å²) in [6.07, 6.45) is 4.42. The molecule has 0 aromatic rings. The van der Waals surface area contributed by atoms with Crippen molar-refractivity contribution in [1.29, 1.82) is 0 Å². The van der Waals surface area contributed by atoms with E-state index in [0.717, 1.165) is 11.8 Å². The highest BCUT2D eigenvalue weighted by Crippen LogP contribution is 2.31. The lowest BCUT2D eigenvalue weighted by Gasteiger charge is -2.28. The lowest BCUT2D eigenvalue weighted by molar-refractivity contribution is 0.351. The quantitative estimate of drug-likeness (QED) is 0.480. The molecule has 1 aliphatic rings. The number of hydrogen-bond donors (Lipinski definition) is 0. The highest BCUT2D eigenvalue weighted by molar-refractivity contribution is 5.22. The van der Waals surface area contributed by atoms with Crippen LogP contribution in [0, 0.1) is 17.8 Å². The Labute approximate surface area is 63.6 Å². The number of allylic oxidation sites excluding steroid dienone is 3. The molecule has 0 fully saturated rings. The SMILES string of the molecule is C=C1C=CC(C)C(C)C1C. The maximum atomic E-state index is 3.99. The van der Waals surface area contributed by atoms with E-state index < -0.39 is 0 Å². The average Bonchev–Trinajstić information content (AvgIpc) is 1.93. The van der Waals surface area contributed by atoms with Crippen molar-refractivity contribution >= 4 is 0 Å². The van der Waals surface area contributed by atoms with E-state index in [4.69, 9.17) is 0 Å². The summed E-state index contributed by atoms with van der Waals surface area (Å²) in [5.41, 5.74) is 1.28. The van der Waals surface area contributed by atoms with Crippen molar-refractivity contribution in [2.24, 2.45) is 17.8 Å². The first-order valence-corrected chi connectivity index (χ1v) is 4.00. The molecule has 0 heteroatoms. The Kier molecular flexibility index (Phi) is 1.98. The summed E-state index contributed by atoms with van der Waals surface area (Å²) >= 11 is 0. The van der Waals surface area contributed by atoms with Gasteiger partial charge >= 0.3 is 0 Å². The Hall–Kier alpha value is -0.520. The van der Waals surface area contributed by atoms with Gasteiger partial charge in [-0.05, 0) is 17.8 Å². The van der Waals surface area contributed by atoms with Crippen LogP contribution in [0.2, 0.25) is 0 Å². The van der Waals surface area contributed by atoms with Crippen LogP contribution in [0.25, 0.3) is 0 Å². The first-order chi connectivity index (χ1) is 4.63. The summed E-state index contributed by atoms with van der Waals surface area (Å²) in [5, 5.41) is 0. The zero-order valence-electron chi connectivity index (χ0n) is 7.09. The molecule has 0 radical (unpaired) electrons. The van der Waals surface area contributed by atoms with E-state index in [1.807, 2.05) is 0 Å². The average molecular weight is 136 g/mol. The van der Waals surface area contributed by atoms with Crippen LogP contribution in [0.1, 0.15) is 20.8 Å². The second-order valence-corrected chi connectivity index (χ2v) is 3.44. The van der Waals surface area contributed by atoms with Gasteiger partial charge in [-0.3, -0.25) is 0 Å². The fourth-order valence-electron chi connectivity index (χ4n) is 1.40. The molecule has 0 saturated heterocycles. The Bertz CT molecular complexity index is 165. The van der Waals surface area contributed by atoms with Crippen LogP contribution in [0.3, 0.4) is 0 Å². The molecule has 0 heterocycles. The summed E-state index contributed by atoms with van der Waals surface area (Å²) in [5.74, 6) is 2.15. The molecular weight excluding hydrogens is 120 g/mol. The lowest BCUT2D eigenvalue weighted by atomic mass is 9.77. The van der Waals surface area contributed by atoms with Gasteiger partial charge in [-0.1, -0.05) is 45.1 Å². The standard InChI is InChI=1S/C10H16/c1-7-5-6-8(2)10(4)9(7)3/h5-6,8-10H,1H2,2-4H3. The van der Waals surface area contributed by atoms with Crippen molar-refractivity contribution in [3.63, 3.8) is 0 Å². The van der Waals surface area contributed by atoms with Crippen molar-refractivity contribution in [3.05, 3.63) is 24.3 Å². The van der Waals surface area contributed by atoms with E-state index in [1.54, 1.807) is 0 Å². The Morgan fingerprint density at radius 2 is 1.90 bits per heavy atom. The fraction of sp³-hybridized carbons (Fsp3) is 0.600. The van der Waals surface area contributed by atoms with E-state index in [9.17, 15) is 0 Å². The van der Waals surface area contributed by atoms with Gasteiger partial charge in [-0.25, -0.2) is 0 Å². The second kappa shape index (κ2) is 2.61. The zero-order valence-corrected chi connectivity index (χ0v) is 7.09. The molecule has 0 N–H and O–H groups in total. The van der Waals surface area contributed by atoms with Crippen LogP contribution in [-0.4, -0.2) is 0 Å². The van der Waals surface area contributed by atoms with Gasteiger partial charge in [0.15, 0.2) is 0 Å². The van der Waals surface area contributed by atoms with Crippen LogP contribution in [0.15, 0.2) is 24.3 Å². The Morgan fingerprint density at radius 3 is 2.40 bits per heavy atom. The van der Waals surface area contributed by atoms with Gasteiger partial charge in [0.2, 0.25) is 0 Å². The summed E-state index contributed by atoms with van der Waals surface area (Å²) in [7, 11) is 0. The molecular formula is C10H16. The van der Waals surface area contributed by atoms with Gasteiger partial charge < -0.3 is 0 Å². The molecule has 3 atom stereocenters. The molecule has 0 saturated carbocycles. The zero-order chi connectivity index (χ0) is 7.72.